The molecule has 1 heterocycles. The molecule has 0 bridgehead atoms. The molecule has 3 rings (SSSR count). The van der Waals surface area contributed by atoms with Crippen molar-refractivity contribution in [2.24, 2.45) is 0 Å². The Balaban J connectivity index is 1.99. The van der Waals surface area contributed by atoms with Crippen molar-refractivity contribution in [3.8, 4) is 0 Å². The van der Waals surface area contributed by atoms with Crippen molar-refractivity contribution in [2.75, 3.05) is 12.3 Å². The standard InChI is InChI=1S/C15H13BrClNO2S2/c16-11-5-7-12(8-6-11)22(19,20)18-9-10-21-15(18)13-3-1-2-4-14(13)17/h1-8,15H,9-10H2. The number of halogens is 2. The Hall–Kier alpha value is -0.530. The van der Waals surface area contributed by atoms with E-state index >= 15 is 0 Å². The van der Waals surface area contributed by atoms with Crippen molar-refractivity contribution in [3.05, 3.63) is 63.6 Å². The maximum Gasteiger partial charge on any atom is 0.244 e. The highest BCUT2D eigenvalue weighted by Gasteiger charge is 2.37. The lowest BCUT2D eigenvalue weighted by molar-refractivity contribution is 0.434. The van der Waals surface area contributed by atoms with Crippen LogP contribution in [0.1, 0.15) is 10.9 Å². The molecular weight excluding hydrogens is 406 g/mol. The van der Waals surface area contributed by atoms with Crippen LogP contribution in [0.5, 0.6) is 0 Å². The average molecular weight is 419 g/mol. The van der Waals surface area contributed by atoms with E-state index in [1.165, 1.54) is 4.31 Å². The minimum atomic E-state index is -3.54. The fourth-order valence-corrected chi connectivity index (χ4v) is 6.20. The first kappa shape index (κ1) is 16.3. The number of rotatable bonds is 3. The molecule has 0 aliphatic carbocycles. The van der Waals surface area contributed by atoms with Crippen LogP contribution in [0, 0.1) is 0 Å². The second-order valence-electron chi connectivity index (χ2n) is 4.81. The first-order valence-electron chi connectivity index (χ1n) is 6.63. The summed E-state index contributed by atoms with van der Waals surface area (Å²) in [5.41, 5.74) is 0.840. The molecule has 7 heteroatoms. The van der Waals surface area contributed by atoms with Gasteiger partial charge in [-0.3, -0.25) is 0 Å². The van der Waals surface area contributed by atoms with Gasteiger partial charge in [-0.1, -0.05) is 45.7 Å². The fourth-order valence-electron chi connectivity index (χ4n) is 2.36. The van der Waals surface area contributed by atoms with Gasteiger partial charge in [0.1, 0.15) is 0 Å². The van der Waals surface area contributed by atoms with Crippen LogP contribution in [0.3, 0.4) is 0 Å². The Morgan fingerprint density at radius 2 is 1.82 bits per heavy atom. The SMILES string of the molecule is O=S(=O)(c1ccc(Br)cc1)N1CCSC1c1ccccc1Cl. The van der Waals surface area contributed by atoms with Gasteiger partial charge in [0, 0.05) is 21.8 Å². The van der Waals surface area contributed by atoms with E-state index in [0.717, 1.165) is 15.8 Å². The monoisotopic (exact) mass is 417 g/mol. The third-order valence-corrected chi connectivity index (χ3v) is 7.57. The van der Waals surface area contributed by atoms with Crippen LogP contribution in [0.25, 0.3) is 0 Å². The second-order valence-corrected chi connectivity index (χ2v) is 9.22. The van der Waals surface area contributed by atoms with Crippen LogP contribution in [0.15, 0.2) is 57.9 Å². The Labute approximate surface area is 147 Å². The largest absolute Gasteiger partial charge is 0.244 e. The third-order valence-electron chi connectivity index (χ3n) is 3.44. The van der Waals surface area contributed by atoms with Gasteiger partial charge in [-0.15, -0.1) is 11.8 Å². The van der Waals surface area contributed by atoms with Crippen LogP contribution in [0.4, 0.5) is 0 Å². The lowest BCUT2D eigenvalue weighted by Gasteiger charge is -2.24. The molecular formula is C15H13BrClNO2S2. The topological polar surface area (TPSA) is 37.4 Å². The summed E-state index contributed by atoms with van der Waals surface area (Å²) < 4.78 is 28.2. The van der Waals surface area contributed by atoms with E-state index in [9.17, 15) is 8.42 Å². The van der Waals surface area contributed by atoms with Crippen molar-refractivity contribution >= 4 is 49.3 Å². The lowest BCUT2D eigenvalue weighted by atomic mass is 10.2. The molecule has 0 aromatic heterocycles. The number of hydrogen-bond acceptors (Lipinski definition) is 3. The van der Waals surface area contributed by atoms with Crippen molar-refractivity contribution in [1.29, 1.82) is 0 Å². The van der Waals surface area contributed by atoms with Crippen molar-refractivity contribution < 1.29 is 8.42 Å². The van der Waals surface area contributed by atoms with Crippen molar-refractivity contribution in [1.82, 2.24) is 4.31 Å². The van der Waals surface area contributed by atoms with Crippen LogP contribution >= 0.6 is 39.3 Å². The van der Waals surface area contributed by atoms with Crippen molar-refractivity contribution in [3.63, 3.8) is 0 Å². The quantitative estimate of drug-likeness (QED) is 0.734. The Morgan fingerprint density at radius 3 is 2.50 bits per heavy atom. The molecule has 1 aliphatic rings. The molecule has 0 amide bonds. The molecule has 0 saturated carbocycles. The van der Waals surface area contributed by atoms with E-state index in [2.05, 4.69) is 15.9 Å². The molecule has 0 N–H and O–H groups in total. The Kier molecular flexibility index (Phi) is 4.85. The molecule has 1 atom stereocenters. The highest BCUT2D eigenvalue weighted by Crippen LogP contribution is 2.43. The zero-order chi connectivity index (χ0) is 15.7. The number of thioether (sulfide) groups is 1. The molecule has 22 heavy (non-hydrogen) atoms. The molecule has 2 aromatic rings. The van der Waals surface area contributed by atoms with E-state index in [1.54, 1.807) is 42.1 Å². The zero-order valence-corrected chi connectivity index (χ0v) is 15.4. The minimum Gasteiger partial charge on any atom is -0.207 e. The van der Waals surface area contributed by atoms with E-state index in [-0.39, 0.29) is 5.37 Å². The summed E-state index contributed by atoms with van der Waals surface area (Å²) in [7, 11) is -3.54. The average Bonchev–Trinajstić information content (AvgIpc) is 2.98. The Morgan fingerprint density at radius 1 is 1.14 bits per heavy atom. The van der Waals surface area contributed by atoms with Gasteiger partial charge < -0.3 is 0 Å². The summed E-state index contributed by atoms with van der Waals surface area (Å²) in [6.07, 6.45) is 0. The summed E-state index contributed by atoms with van der Waals surface area (Å²) in [6.45, 7) is 0.485. The van der Waals surface area contributed by atoms with Crippen molar-refractivity contribution in [2.45, 2.75) is 10.3 Å². The summed E-state index contributed by atoms with van der Waals surface area (Å²) >= 11 is 11.2. The van der Waals surface area contributed by atoms with Gasteiger partial charge in [0.25, 0.3) is 0 Å². The normalized spacial score (nSPS) is 19.5. The molecule has 2 aromatic carbocycles. The third kappa shape index (κ3) is 3.08. The highest BCUT2D eigenvalue weighted by molar-refractivity contribution is 9.10. The number of benzene rings is 2. The molecule has 116 valence electrons. The number of sulfonamides is 1. The van der Waals surface area contributed by atoms with Gasteiger partial charge in [-0.25, -0.2) is 8.42 Å². The second kappa shape index (κ2) is 6.53. The fraction of sp³-hybridized carbons (Fsp3) is 0.200. The van der Waals surface area contributed by atoms with Crippen LogP contribution in [-0.4, -0.2) is 25.0 Å². The predicted molar refractivity (Wildman–Crippen MR) is 94.7 cm³/mol. The molecule has 0 radical (unpaired) electrons. The molecule has 3 nitrogen and oxygen atoms in total. The summed E-state index contributed by atoms with van der Waals surface area (Å²) in [4.78, 5) is 0.301. The van der Waals surface area contributed by atoms with Crippen LogP contribution in [0.2, 0.25) is 5.02 Å². The van der Waals surface area contributed by atoms with E-state index in [4.69, 9.17) is 11.6 Å². The van der Waals surface area contributed by atoms with Gasteiger partial charge in [0.05, 0.1) is 10.3 Å². The first-order valence-corrected chi connectivity index (χ1v) is 10.3. The molecule has 1 aliphatic heterocycles. The van der Waals surface area contributed by atoms with Crippen LogP contribution in [-0.2, 0) is 10.0 Å². The number of hydrogen-bond donors (Lipinski definition) is 0. The van der Waals surface area contributed by atoms with Gasteiger partial charge in [-0.05, 0) is 35.9 Å². The van der Waals surface area contributed by atoms with Crippen LogP contribution < -0.4 is 0 Å². The summed E-state index contributed by atoms with van der Waals surface area (Å²) in [6, 6.07) is 14.1. The molecule has 1 saturated heterocycles. The lowest BCUT2D eigenvalue weighted by Crippen LogP contribution is -2.30. The van der Waals surface area contributed by atoms with Gasteiger partial charge >= 0.3 is 0 Å². The Bertz CT molecular complexity index is 780. The van der Waals surface area contributed by atoms with E-state index in [1.807, 2.05) is 18.2 Å². The van der Waals surface area contributed by atoms with Gasteiger partial charge in [0.15, 0.2) is 0 Å². The highest BCUT2D eigenvalue weighted by atomic mass is 79.9. The maximum absolute atomic E-state index is 12.9. The van der Waals surface area contributed by atoms with E-state index < -0.39 is 10.0 Å². The smallest absolute Gasteiger partial charge is 0.207 e. The molecule has 0 spiro atoms. The van der Waals surface area contributed by atoms with Gasteiger partial charge in [0.2, 0.25) is 10.0 Å². The zero-order valence-electron chi connectivity index (χ0n) is 11.4. The van der Waals surface area contributed by atoms with E-state index in [0.29, 0.717) is 16.5 Å². The predicted octanol–water partition coefficient (Wildman–Crippen LogP) is 4.54. The summed E-state index contributed by atoms with van der Waals surface area (Å²) in [5, 5.41) is 0.320. The maximum atomic E-state index is 12.9. The first-order chi connectivity index (χ1) is 10.5. The minimum absolute atomic E-state index is 0.276. The molecule has 1 unspecified atom stereocenters. The number of nitrogens with zero attached hydrogens (tertiary/aromatic N) is 1. The van der Waals surface area contributed by atoms with Gasteiger partial charge in [-0.2, -0.15) is 4.31 Å². The molecule has 1 fully saturated rings. The summed E-state index contributed by atoms with van der Waals surface area (Å²) in [5.74, 6) is 0.756.